The maximum absolute atomic E-state index is 12.6. The number of hydrogen-bond acceptors (Lipinski definition) is 5. The third-order valence-corrected chi connectivity index (χ3v) is 5.79. The molecule has 1 atom stereocenters. The minimum atomic E-state index is -1.84. The number of carbonyl (C=O) groups is 3. The quantitative estimate of drug-likeness (QED) is 0.291. The number of carboxylic acids is 1. The van der Waals surface area contributed by atoms with Crippen molar-refractivity contribution in [3.05, 3.63) is 26.7 Å². The summed E-state index contributed by atoms with van der Waals surface area (Å²) in [4.78, 5) is 34.8. The molecule has 1 aromatic rings. The fourth-order valence-electron chi connectivity index (χ4n) is 3.27. The van der Waals surface area contributed by atoms with E-state index in [0.717, 1.165) is 25.3 Å². The molecule has 0 saturated heterocycles. The first-order valence-electron chi connectivity index (χ1n) is 8.55. The number of esters is 2. The number of benzene rings is 1. The summed E-state index contributed by atoms with van der Waals surface area (Å²) in [6, 6.07) is 1.15. The molecule has 1 aromatic carbocycles. The van der Waals surface area contributed by atoms with E-state index in [1.54, 1.807) is 0 Å². The molecule has 2 rings (SSSR count). The second kappa shape index (κ2) is 9.62. The fraction of sp³-hybridized carbons (Fsp3) is 0.500. The summed E-state index contributed by atoms with van der Waals surface area (Å²) in [5.41, 5.74) is -0.370. The van der Waals surface area contributed by atoms with Crippen LogP contribution in [0.15, 0.2) is 6.07 Å². The molecule has 1 aliphatic rings. The first-order chi connectivity index (χ1) is 12.8. The van der Waals surface area contributed by atoms with Crippen molar-refractivity contribution < 1.29 is 29.0 Å². The molecule has 6 nitrogen and oxygen atoms in total. The molecule has 27 heavy (non-hydrogen) atoms. The zero-order chi connectivity index (χ0) is 20.1. The summed E-state index contributed by atoms with van der Waals surface area (Å²) < 4.78 is 10.1. The van der Waals surface area contributed by atoms with Gasteiger partial charge in [0.1, 0.15) is 5.56 Å². The SMILES string of the molecule is CCC(COC(=O)c1c(Cl)c(Cl)cc(Cl)c1OC(=O)C(=O)O)C1CCCC1. The van der Waals surface area contributed by atoms with Crippen molar-refractivity contribution in [2.24, 2.45) is 11.8 Å². The highest BCUT2D eigenvalue weighted by Gasteiger charge is 2.30. The molecular formula is C18H19Cl3O6. The highest BCUT2D eigenvalue weighted by atomic mass is 35.5. The van der Waals surface area contributed by atoms with Crippen LogP contribution in [0.4, 0.5) is 0 Å². The number of aliphatic carboxylic acids is 1. The van der Waals surface area contributed by atoms with Gasteiger partial charge in [0.2, 0.25) is 0 Å². The molecule has 9 heteroatoms. The number of hydrogen-bond donors (Lipinski definition) is 1. The van der Waals surface area contributed by atoms with Crippen LogP contribution in [0.5, 0.6) is 5.75 Å². The van der Waals surface area contributed by atoms with Gasteiger partial charge in [-0.2, -0.15) is 0 Å². The standard InChI is InChI=1S/C18H19Cl3O6/c1-2-9(10-5-3-4-6-10)8-26-17(24)13-14(21)11(19)7-12(20)15(13)27-18(25)16(22)23/h7,9-10H,2-6,8H2,1H3,(H,22,23). The van der Waals surface area contributed by atoms with Crippen LogP contribution in [0.3, 0.4) is 0 Å². The van der Waals surface area contributed by atoms with Gasteiger partial charge >= 0.3 is 17.9 Å². The molecule has 1 fully saturated rings. The lowest BCUT2D eigenvalue weighted by atomic mass is 9.89. The molecule has 0 bridgehead atoms. The second-order valence-electron chi connectivity index (χ2n) is 6.36. The smallest absolute Gasteiger partial charge is 0.422 e. The van der Waals surface area contributed by atoms with Crippen LogP contribution in [-0.4, -0.2) is 29.6 Å². The van der Waals surface area contributed by atoms with E-state index in [2.05, 4.69) is 0 Å². The third-order valence-electron chi connectivity index (χ3n) is 4.72. The van der Waals surface area contributed by atoms with Crippen LogP contribution in [0.25, 0.3) is 0 Å². The molecule has 0 radical (unpaired) electrons. The normalized spacial score (nSPS) is 15.4. The number of carbonyl (C=O) groups excluding carboxylic acids is 2. The third kappa shape index (κ3) is 5.27. The van der Waals surface area contributed by atoms with E-state index < -0.39 is 23.7 Å². The van der Waals surface area contributed by atoms with Crippen molar-refractivity contribution in [3.8, 4) is 5.75 Å². The van der Waals surface area contributed by atoms with Gasteiger partial charge in [-0.25, -0.2) is 14.4 Å². The van der Waals surface area contributed by atoms with E-state index in [1.807, 2.05) is 6.92 Å². The van der Waals surface area contributed by atoms with Crippen LogP contribution in [0.1, 0.15) is 49.4 Å². The average Bonchev–Trinajstić information content (AvgIpc) is 3.14. The van der Waals surface area contributed by atoms with Gasteiger partial charge in [-0.3, -0.25) is 0 Å². The molecule has 0 heterocycles. The molecule has 148 valence electrons. The lowest BCUT2D eigenvalue weighted by Crippen LogP contribution is -2.23. The van der Waals surface area contributed by atoms with Gasteiger partial charge in [0, 0.05) is 0 Å². The zero-order valence-corrected chi connectivity index (χ0v) is 16.9. The van der Waals surface area contributed by atoms with Crippen LogP contribution < -0.4 is 4.74 Å². The largest absolute Gasteiger partial charge is 0.473 e. The molecule has 1 N–H and O–H groups in total. The van der Waals surface area contributed by atoms with Gasteiger partial charge in [-0.15, -0.1) is 0 Å². The van der Waals surface area contributed by atoms with Crippen molar-refractivity contribution in [2.75, 3.05) is 6.61 Å². The zero-order valence-electron chi connectivity index (χ0n) is 14.6. The summed E-state index contributed by atoms with van der Waals surface area (Å²) in [5.74, 6) is -4.13. The average molecular weight is 438 g/mol. The molecule has 0 amide bonds. The highest BCUT2D eigenvalue weighted by molar-refractivity contribution is 6.46. The van der Waals surface area contributed by atoms with Crippen LogP contribution in [0.2, 0.25) is 15.1 Å². The van der Waals surface area contributed by atoms with Crippen LogP contribution in [-0.2, 0) is 14.3 Å². The molecule has 0 spiro atoms. The monoisotopic (exact) mass is 436 g/mol. The fourth-order valence-corrected chi connectivity index (χ4v) is 3.99. The van der Waals surface area contributed by atoms with Gasteiger partial charge in [-0.1, -0.05) is 67.4 Å². The molecule has 0 aliphatic heterocycles. The van der Waals surface area contributed by atoms with E-state index in [1.165, 1.54) is 12.8 Å². The van der Waals surface area contributed by atoms with E-state index in [-0.39, 0.29) is 33.2 Å². The van der Waals surface area contributed by atoms with Crippen molar-refractivity contribution in [1.29, 1.82) is 0 Å². The maximum Gasteiger partial charge on any atom is 0.422 e. The van der Waals surface area contributed by atoms with Crippen molar-refractivity contribution in [1.82, 2.24) is 0 Å². The second-order valence-corrected chi connectivity index (χ2v) is 7.56. The summed E-state index contributed by atoms with van der Waals surface area (Å²) in [7, 11) is 0. The van der Waals surface area contributed by atoms with E-state index in [9.17, 15) is 14.4 Å². The predicted molar refractivity (Wildman–Crippen MR) is 101 cm³/mol. The number of carboxylic acid groups (broad SMARTS) is 1. The minimum absolute atomic E-state index is 0.0495. The Bertz CT molecular complexity index is 743. The van der Waals surface area contributed by atoms with Gasteiger partial charge in [0.25, 0.3) is 0 Å². The Hall–Kier alpha value is -1.50. The number of rotatable bonds is 6. The van der Waals surface area contributed by atoms with E-state index in [4.69, 9.17) is 49.4 Å². The summed E-state index contributed by atoms with van der Waals surface area (Å²) >= 11 is 18.0. The Kier molecular flexibility index (Phi) is 7.77. The minimum Gasteiger partial charge on any atom is -0.473 e. The molecule has 1 unspecified atom stereocenters. The Morgan fingerprint density at radius 2 is 1.81 bits per heavy atom. The van der Waals surface area contributed by atoms with E-state index in [0.29, 0.717) is 5.92 Å². The molecular weight excluding hydrogens is 419 g/mol. The van der Waals surface area contributed by atoms with Gasteiger partial charge in [-0.05, 0) is 24.3 Å². The first kappa shape index (κ1) is 21.8. The predicted octanol–water partition coefficient (Wildman–Crippen LogP) is 5.01. The Labute approximate surface area is 171 Å². The van der Waals surface area contributed by atoms with E-state index >= 15 is 0 Å². The van der Waals surface area contributed by atoms with Crippen molar-refractivity contribution >= 4 is 52.7 Å². The first-order valence-corrected chi connectivity index (χ1v) is 9.69. The van der Waals surface area contributed by atoms with Crippen molar-refractivity contribution in [2.45, 2.75) is 39.0 Å². The Morgan fingerprint density at radius 1 is 1.19 bits per heavy atom. The lowest BCUT2D eigenvalue weighted by molar-refractivity contribution is -0.158. The van der Waals surface area contributed by atoms with Gasteiger partial charge < -0.3 is 14.6 Å². The van der Waals surface area contributed by atoms with Gasteiger partial charge in [0.15, 0.2) is 5.75 Å². The number of ether oxygens (including phenoxy) is 2. The van der Waals surface area contributed by atoms with Crippen molar-refractivity contribution in [3.63, 3.8) is 0 Å². The molecule has 0 aromatic heterocycles. The summed E-state index contributed by atoms with van der Waals surface area (Å²) in [5, 5.41) is 8.22. The molecule has 1 saturated carbocycles. The van der Waals surface area contributed by atoms with Gasteiger partial charge in [0.05, 0.1) is 21.7 Å². The highest BCUT2D eigenvalue weighted by Crippen LogP contribution is 2.40. The summed E-state index contributed by atoms with van der Waals surface area (Å²) in [6.45, 7) is 2.20. The maximum atomic E-state index is 12.6. The lowest BCUT2D eigenvalue weighted by Gasteiger charge is -2.22. The Balaban J connectivity index is 2.25. The topological polar surface area (TPSA) is 89.9 Å². The number of halogens is 3. The summed E-state index contributed by atoms with van der Waals surface area (Å²) in [6.07, 6.45) is 5.38. The van der Waals surface area contributed by atoms with Crippen LogP contribution in [0, 0.1) is 11.8 Å². The van der Waals surface area contributed by atoms with Crippen LogP contribution >= 0.6 is 34.8 Å². The Morgan fingerprint density at radius 3 is 2.37 bits per heavy atom. The molecule has 1 aliphatic carbocycles.